The van der Waals surface area contributed by atoms with Crippen LogP contribution in [-0.4, -0.2) is 20.5 Å². The molecule has 0 bridgehead atoms. The molecule has 0 aliphatic rings. The number of aromatic amines is 2. The van der Waals surface area contributed by atoms with E-state index < -0.39 is 17.0 Å². The normalized spacial score (nSPS) is 10.9. The number of anilines is 1. The van der Waals surface area contributed by atoms with Crippen molar-refractivity contribution in [3.63, 3.8) is 0 Å². The van der Waals surface area contributed by atoms with Gasteiger partial charge in [0.05, 0.1) is 5.69 Å². The zero-order chi connectivity index (χ0) is 19.8. The van der Waals surface area contributed by atoms with Gasteiger partial charge in [-0.2, -0.15) is 4.52 Å². The highest BCUT2D eigenvalue weighted by Crippen LogP contribution is 2.25. The van der Waals surface area contributed by atoms with Crippen molar-refractivity contribution in [2.24, 2.45) is 0 Å². The molecule has 28 heavy (non-hydrogen) atoms. The van der Waals surface area contributed by atoms with Gasteiger partial charge in [-0.3, -0.25) is 19.5 Å². The van der Waals surface area contributed by atoms with E-state index in [0.29, 0.717) is 27.0 Å². The SMILES string of the molecule is O=C(Nc1ccccc1)c1c(=O)[nH]n2c(=O)cc(-c3cc(Cl)cc(Cl)c3)[nH]c12. The Morgan fingerprint density at radius 3 is 2.32 bits per heavy atom. The second-order valence-electron chi connectivity index (χ2n) is 6.00. The topological polar surface area (TPSA) is 99.2 Å². The van der Waals surface area contributed by atoms with Gasteiger partial charge < -0.3 is 10.3 Å². The van der Waals surface area contributed by atoms with Gasteiger partial charge in [0.25, 0.3) is 17.0 Å². The molecular formula is C19H12Cl2N4O3. The maximum atomic E-state index is 12.7. The summed E-state index contributed by atoms with van der Waals surface area (Å²) in [5.74, 6) is -0.646. The largest absolute Gasteiger partial charge is 0.339 e. The summed E-state index contributed by atoms with van der Waals surface area (Å²) in [6.07, 6.45) is 0. The molecule has 2 aromatic heterocycles. The molecule has 4 rings (SSSR count). The van der Waals surface area contributed by atoms with Crippen LogP contribution >= 0.6 is 23.2 Å². The summed E-state index contributed by atoms with van der Waals surface area (Å²) in [5, 5.41) is 5.78. The third kappa shape index (κ3) is 3.33. The first-order valence-electron chi connectivity index (χ1n) is 8.13. The molecule has 7 nitrogen and oxygen atoms in total. The Morgan fingerprint density at radius 2 is 1.64 bits per heavy atom. The molecule has 3 N–H and O–H groups in total. The first-order chi connectivity index (χ1) is 13.4. The Hall–Kier alpha value is -3.29. The maximum absolute atomic E-state index is 12.7. The molecule has 0 aliphatic carbocycles. The fraction of sp³-hybridized carbons (Fsp3) is 0. The minimum Gasteiger partial charge on any atom is -0.339 e. The summed E-state index contributed by atoms with van der Waals surface area (Å²) in [7, 11) is 0. The van der Waals surface area contributed by atoms with Crippen LogP contribution in [0.25, 0.3) is 16.9 Å². The van der Waals surface area contributed by atoms with Gasteiger partial charge in [0.15, 0.2) is 5.65 Å². The lowest BCUT2D eigenvalue weighted by molar-refractivity contribution is 0.102. The molecule has 0 spiro atoms. The van der Waals surface area contributed by atoms with Gasteiger partial charge in [-0.15, -0.1) is 0 Å². The quantitative estimate of drug-likeness (QED) is 0.477. The van der Waals surface area contributed by atoms with Gasteiger partial charge in [0.1, 0.15) is 5.56 Å². The van der Waals surface area contributed by atoms with Crippen molar-refractivity contribution in [2.75, 3.05) is 5.32 Å². The minimum atomic E-state index is -0.692. The number of aromatic nitrogens is 3. The predicted octanol–water partition coefficient (Wildman–Crippen LogP) is 3.54. The number of amides is 1. The van der Waals surface area contributed by atoms with Gasteiger partial charge in [-0.25, -0.2) is 0 Å². The van der Waals surface area contributed by atoms with Crippen molar-refractivity contribution in [3.05, 3.63) is 90.9 Å². The zero-order valence-electron chi connectivity index (χ0n) is 14.1. The molecule has 9 heteroatoms. The van der Waals surface area contributed by atoms with Crippen LogP contribution in [0.3, 0.4) is 0 Å². The highest BCUT2D eigenvalue weighted by Gasteiger charge is 2.20. The van der Waals surface area contributed by atoms with Crippen LogP contribution in [0.15, 0.2) is 64.2 Å². The van der Waals surface area contributed by atoms with Crippen LogP contribution in [0.2, 0.25) is 10.0 Å². The maximum Gasteiger partial charge on any atom is 0.279 e. The van der Waals surface area contributed by atoms with Crippen LogP contribution < -0.4 is 16.4 Å². The van der Waals surface area contributed by atoms with Crippen molar-refractivity contribution < 1.29 is 4.79 Å². The van der Waals surface area contributed by atoms with Crippen LogP contribution in [0, 0.1) is 0 Å². The molecule has 0 saturated carbocycles. The fourth-order valence-corrected chi connectivity index (χ4v) is 3.38. The number of para-hydroxylation sites is 1. The van der Waals surface area contributed by atoms with E-state index in [0.717, 1.165) is 4.52 Å². The molecule has 0 aliphatic heterocycles. The first kappa shape index (κ1) is 18.1. The smallest absolute Gasteiger partial charge is 0.279 e. The average Bonchev–Trinajstić information content (AvgIpc) is 2.98. The van der Waals surface area contributed by atoms with E-state index in [1.165, 1.54) is 6.07 Å². The predicted molar refractivity (Wildman–Crippen MR) is 108 cm³/mol. The number of carbonyl (C=O) groups is 1. The molecular weight excluding hydrogens is 403 g/mol. The summed E-state index contributed by atoms with van der Waals surface area (Å²) in [6, 6.07) is 14.7. The van der Waals surface area contributed by atoms with E-state index in [2.05, 4.69) is 15.4 Å². The van der Waals surface area contributed by atoms with E-state index in [1.807, 2.05) is 0 Å². The van der Waals surface area contributed by atoms with Gasteiger partial charge in [-0.05, 0) is 30.3 Å². The summed E-state index contributed by atoms with van der Waals surface area (Å²) in [6.45, 7) is 0. The molecule has 140 valence electrons. The number of nitrogens with one attached hydrogen (secondary N) is 3. The standard InChI is InChI=1S/C19H12Cl2N4O3/c20-11-6-10(7-12(21)8-11)14-9-15(26)25-17(23-14)16(19(28)24-25)18(27)22-13-4-2-1-3-5-13/h1-9,23H,(H,22,27)(H,24,28). The van der Waals surface area contributed by atoms with Crippen LogP contribution in [0.5, 0.6) is 0 Å². The molecule has 1 amide bonds. The first-order valence-corrected chi connectivity index (χ1v) is 8.89. The van der Waals surface area contributed by atoms with E-state index in [1.54, 1.807) is 48.5 Å². The number of halogens is 2. The Bertz CT molecular complexity index is 1300. The number of H-pyrrole nitrogens is 2. The van der Waals surface area contributed by atoms with Crippen molar-refractivity contribution in [3.8, 4) is 11.3 Å². The molecule has 0 atom stereocenters. The summed E-state index contributed by atoms with van der Waals surface area (Å²) in [5.41, 5.74) is 0.0421. The number of fused-ring (bicyclic) bond motifs is 1. The average molecular weight is 415 g/mol. The molecule has 2 heterocycles. The van der Waals surface area contributed by atoms with Crippen molar-refractivity contribution in [1.29, 1.82) is 0 Å². The lowest BCUT2D eigenvalue weighted by atomic mass is 10.1. The molecule has 0 fully saturated rings. The second-order valence-corrected chi connectivity index (χ2v) is 6.87. The number of benzene rings is 2. The Morgan fingerprint density at radius 1 is 0.964 bits per heavy atom. The highest BCUT2D eigenvalue weighted by atomic mass is 35.5. The molecule has 0 unspecified atom stereocenters. The molecule has 4 aromatic rings. The van der Waals surface area contributed by atoms with Crippen molar-refractivity contribution in [1.82, 2.24) is 14.6 Å². The van der Waals surface area contributed by atoms with Gasteiger partial charge in [0.2, 0.25) is 0 Å². The van der Waals surface area contributed by atoms with Gasteiger partial charge in [0, 0.05) is 27.4 Å². The third-order valence-corrected chi connectivity index (χ3v) is 4.51. The van der Waals surface area contributed by atoms with Crippen molar-refractivity contribution >= 4 is 40.4 Å². The van der Waals surface area contributed by atoms with E-state index >= 15 is 0 Å². The van der Waals surface area contributed by atoms with Gasteiger partial charge >= 0.3 is 0 Å². The van der Waals surface area contributed by atoms with E-state index in [-0.39, 0.29) is 11.2 Å². The summed E-state index contributed by atoms with van der Waals surface area (Å²) in [4.78, 5) is 40.4. The Kier molecular flexibility index (Phi) is 4.54. The Labute approximate surface area is 167 Å². The third-order valence-electron chi connectivity index (χ3n) is 4.07. The van der Waals surface area contributed by atoms with Crippen LogP contribution in [0.1, 0.15) is 10.4 Å². The van der Waals surface area contributed by atoms with E-state index in [9.17, 15) is 14.4 Å². The number of hydrogen-bond donors (Lipinski definition) is 3. The second kappa shape index (κ2) is 7.03. The van der Waals surface area contributed by atoms with Crippen LogP contribution in [-0.2, 0) is 0 Å². The minimum absolute atomic E-state index is 0.0389. The zero-order valence-corrected chi connectivity index (χ0v) is 15.6. The summed E-state index contributed by atoms with van der Waals surface area (Å²) >= 11 is 12.1. The number of hydrogen-bond acceptors (Lipinski definition) is 3. The van der Waals surface area contributed by atoms with E-state index in [4.69, 9.17) is 23.2 Å². The highest BCUT2D eigenvalue weighted by molar-refractivity contribution is 6.35. The van der Waals surface area contributed by atoms with Gasteiger partial charge in [-0.1, -0.05) is 41.4 Å². The van der Waals surface area contributed by atoms with Crippen molar-refractivity contribution in [2.45, 2.75) is 0 Å². The number of nitrogens with zero attached hydrogens (tertiary/aromatic N) is 1. The molecule has 0 saturated heterocycles. The molecule has 0 radical (unpaired) electrons. The molecule has 2 aromatic carbocycles. The monoisotopic (exact) mass is 414 g/mol. The number of rotatable bonds is 3. The lowest BCUT2D eigenvalue weighted by Crippen LogP contribution is -2.19. The van der Waals surface area contributed by atoms with Crippen LogP contribution in [0.4, 0.5) is 5.69 Å². The summed E-state index contributed by atoms with van der Waals surface area (Å²) < 4.78 is 0.984. The fourth-order valence-electron chi connectivity index (χ4n) is 2.86. The lowest BCUT2D eigenvalue weighted by Gasteiger charge is -2.06. The Balaban J connectivity index is 1.87. The number of carbonyl (C=O) groups excluding carboxylic acids is 1.